The van der Waals surface area contributed by atoms with E-state index >= 15 is 0 Å². The van der Waals surface area contributed by atoms with E-state index < -0.39 is 0 Å². The van der Waals surface area contributed by atoms with Crippen LogP contribution in [0, 0.1) is 0 Å². The van der Waals surface area contributed by atoms with Crippen LogP contribution in [0.1, 0.15) is 5.56 Å². The van der Waals surface area contributed by atoms with Crippen LogP contribution < -0.4 is 9.44 Å². The summed E-state index contributed by atoms with van der Waals surface area (Å²) in [6.07, 6.45) is 1.83. The third-order valence-electron chi connectivity index (χ3n) is 2.35. The van der Waals surface area contributed by atoms with E-state index in [2.05, 4.69) is 32.6 Å². The first-order chi connectivity index (χ1) is 6.95. The van der Waals surface area contributed by atoms with E-state index in [-0.39, 0.29) is 0 Å². The second-order valence-electron chi connectivity index (χ2n) is 3.20. The van der Waals surface area contributed by atoms with Crippen molar-refractivity contribution in [1.29, 1.82) is 0 Å². The van der Waals surface area contributed by atoms with Gasteiger partial charge in [-0.2, -0.15) is 0 Å². The molecule has 0 saturated heterocycles. The van der Waals surface area contributed by atoms with Crippen LogP contribution in [0.25, 0.3) is 10.9 Å². The van der Waals surface area contributed by atoms with Gasteiger partial charge >= 0.3 is 0 Å². The number of hydrogen-bond donors (Lipinski definition) is 2. The highest BCUT2D eigenvalue weighted by molar-refractivity contribution is 7.98. The fraction of sp³-hybridized carbons (Fsp3) is 0.100. The molecule has 1 aromatic heterocycles. The number of pyridine rings is 1. The van der Waals surface area contributed by atoms with Gasteiger partial charge in [-0.1, -0.05) is 18.2 Å². The molecule has 0 unspecified atom stereocenters. The standard InChI is InChI=1S/C10H9N3S/c1-2-7-3-4-8-6-12-14-13-10(8)9(7)11-5-1/h1-5,12-13H,6H2. The minimum absolute atomic E-state index is 0.888. The Morgan fingerprint density at radius 2 is 2.29 bits per heavy atom. The minimum Gasteiger partial charge on any atom is -0.315 e. The molecule has 4 heteroatoms. The summed E-state index contributed by atoms with van der Waals surface area (Å²) >= 11 is 1.51. The molecule has 3 nitrogen and oxygen atoms in total. The summed E-state index contributed by atoms with van der Waals surface area (Å²) in [5, 5.41) is 1.18. The van der Waals surface area contributed by atoms with E-state index in [1.165, 1.54) is 23.1 Å². The van der Waals surface area contributed by atoms with E-state index in [9.17, 15) is 0 Å². The number of aromatic nitrogens is 1. The van der Waals surface area contributed by atoms with Crippen molar-refractivity contribution >= 4 is 28.7 Å². The number of rotatable bonds is 0. The van der Waals surface area contributed by atoms with Crippen LogP contribution in [-0.2, 0) is 6.54 Å². The topological polar surface area (TPSA) is 37.0 Å². The largest absolute Gasteiger partial charge is 0.315 e. The number of anilines is 1. The summed E-state index contributed by atoms with van der Waals surface area (Å²) in [5.41, 5.74) is 3.47. The first kappa shape index (κ1) is 8.08. The lowest BCUT2D eigenvalue weighted by atomic mass is 10.1. The Morgan fingerprint density at radius 3 is 3.29 bits per heavy atom. The zero-order chi connectivity index (χ0) is 9.38. The zero-order valence-electron chi connectivity index (χ0n) is 7.45. The van der Waals surface area contributed by atoms with Crippen LogP contribution >= 0.6 is 12.1 Å². The van der Waals surface area contributed by atoms with Crippen LogP contribution in [-0.4, -0.2) is 4.98 Å². The Labute approximate surface area is 86.2 Å². The molecule has 2 N–H and O–H groups in total. The SMILES string of the molecule is c1cnc2c3c(ccc2c1)CNSN3. The van der Waals surface area contributed by atoms with Gasteiger partial charge in [0.15, 0.2) is 0 Å². The number of benzene rings is 1. The van der Waals surface area contributed by atoms with Crippen LogP contribution in [0.2, 0.25) is 0 Å². The van der Waals surface area contributed by atoms with Gasteiger partial charge in [-0.15, -0.1) is 0 Å². The van der Waals surface area contributed by atoms with Crippen LogP contribution in [0.5, 0.6) is 0 Å². The molecule has 0 bridgehead atoms. The fourth-order valence-electron chi connectivity index (χ4n) is 1.65. The number of fused-ring (bicyclic) bond motifs is 3. The van der Waals surface area contributed by atoms with E-state index in [0.29, 0.717) is 0 Å². The maximum absolute atomic E-state index is 4.39. The predicted molar refractivity (Wildman–Crippen MR) is 59.8 cm³/mol. The van der Waals surface area contributed by atoms with Crippen molar-refractivity contribution in [3.8, 4) is 0 Å². The summed E-state index contributed by atoms with van der Waals surface area (Å²) in [6, 6.07) is 8.29. The molecular weight excluding hydrogens is 194 g/mol. The molecule has 0 spiro atoms. The predicted octanol–water partition coefficient (Wildman–Crippen LogP) is 2.31. The molecule has 0 saturated carbocycles. The van der Waals surface area contributed by atoms with Gasteiger partial charge in [0.2, 0.25) is 0 Å². The van der Waals surface area contributed by atoms with Crippen LogP contribution in [0.4, 0.5) is 5.69 Å². The normalized spacial score (nSPS) is 14.9. The van der Waals surface area contributed by atoms with Gasteiger partial charge in [0.25, 0.3) is 0 Å². The number of nitrogens with zero attached hydrogens (tertiary/aromatic N) is 1. The Balaban J connectivity index is 2.34. The molecule has 1 aromatic carbocycles. The average molecular weight is 203 g/mol. The maximum atomic E-state index is 4.39. The Morgan fingerprint density at radius 1 is 1.29 bits per heavy atom. The molecule has 14 heavy (non-hydrogen) atoms. The van der Waals surface area contributed by atoms with Crippen molar-refractivity contribution in [1.82, 2.24) is 9.71 Å². The smallest absolute Gasteiger partial charge is 0.0945 e. The van der Waals surface area contributed by atoms with Gasteiger partial charge in [0.05, 0.1) is 11.2 Å². The molecule has 0 fully saturated rings. The average Bonchev–Trinajstić information content (AvgIpc) is 2.29. The molecule has 0 amide bonds. The third kappa shape index (κ3) is 1.15. The first-order valence-electron chi connectivity index (χ1n) is 4.46. The molecule has 0 aliphatic carbocycles. The monoisotopic (exact) mass is 203 g/mol. The van der Waals surface area contributed by atoms with Crippen molar-refractivity contribution < 1.29 is 0 Å². The maximum Gasteiger partial charge on any atom is 0.0945 e. The Hall–Kier alpha value is -1.26. The van der Waals surface area contributed by atoms with Crippen molar-refractivity contribution in [2.75, 3.05) is 4.72 Å². The second-order valence-corrected chi connectivity index (χ2v) is 3.90. The number of hydrogen-bond acceptors (Lipinski definition) is 4. The Kier molecular flexibility index (Phi) is 1.82. The molecule has 1 aliphatic heterocycles. The molecule has 1 aliphatic rings. The first-order valence-corrected chi connectivity index (χ1v) is 5.28. The van der Waals surface area contributed by atoms with Crippen LogP contribution in [0.15, 0.2) is 30.5 Å². The lowest BCUT2D eigenvalue weighted by Crippen LogP contribution is -2.14. The summed E-state index contributed by atoms with van der Waals surface area (Å²) in [6.45, 7) is 0.888. The van der Waals surface area contributed by atoms with E-state index in [0.717, 1.165) is 17.7 Å². The summed E-state index contributed by atoms with van der Waals surface area (Å²) in [4.78, 5) is 4.39. The molecule has 0 radical (unpaired) electrons. The van der Waals surface area contributed by atoms with Gasteiger partial charge in [0.1, 0.15) is 0 Å². The van der Waals surface area contributed by atoms with E-state index in [1.54, 1.807) is 0 Å². The molecule has 2 heterocycles. The fourth-order valence-corrected chi connectivity index (χ4v) is 2.28. The lowest BCUT2D eigenvalue weighted by Gasteiger charge is -2.18. The van der Waals surface area contributed by atoms with Gasteiger partial charge in [-0.05, 0) is 11.6 Å². The van der Waals surface area contributed by atoms with Crippen molar-refractivity contribution in [2.24, 2.45) is 0 Å². The quantitative estimate of drug-likeness (QED) is 0.644. The van der Waals surface area contributed by atoms with Gasteiger partial charge < -0.3 is 4.72 Å². The molecular formula is C10H9N3S. The second kappa shape index (κ2) is 3.15. The van der Waals surface area contributed by atoms with Crippen LogP contribution in [0.3, 0.4) is 0 Å². The summed E-state index contributed by atoms with van der Waals surface area (Å²) < 4.78 is 6.43. The van der Waals surface area contributed by atoms with Gasteiger partial charge in [-0.25, -0.2) is 4.72 Å². The highest BCUT2D eigenvalue weighted by Crippen LogP contribution is 2.30. The van der Waals surface area contributed by atoms with Crippen molar-refractivity contribution in [3.63, 3.8) is 0 Å². The van der Waals surface area contributed by atoms with Crippen molar-refractivity contribution in [3.05, 3.63) is 36.0 Å². The highest BCUT2D eigenvalue weighted by atomic mass is 32.2. The highest BCUT2D eigenvalue weighted by Gasteiger charge is 2.11. The molecule has 70 valence electrons. The van der Waals surface area contributed by atoms with Gasteiger partial charge in [-0.3, -0.25) is 4.98 Å². The lowest BCUT2D eigenvalue weighted by molar-refractivity contribution is 0.971. The summed E-state index contributed by atoms with van der Waals surface area (Å²) in [7, 11) is 0. The summed E-state index contributed by atoms with van der Waals surface area (Å²) in [5.74, 6) is 0. The van der Waals surface area contributed by atoms with Gasteiger partial charge in [0, 0.05) is 30.3 Å². The van der Waals surface area contributed by atoms with Crippen molar-refractivity contribution in [2.45, 2.75) is 6.54 Å². The zero-order valence-corrected chi connectivity index (χ0v) is 8.27. The number of nitrogens with one attached hydrogen (secondary N) is 2. The molecule has 0 atom stereocenters. The van der Waals surface area contributed by atoms with E-state index in [4.69, 9.17) is 0 Å². The Bertz CT molecular complexity index is 484. The third-order valence-corrected chi connectivity index (χ3v) is 2.94. The van der Waals surface area contributed by atoms with E-state index in [1.807, 2.05) is 12.3 Å². The molecule has 3 rings (SSSR count). The minimum atomic E-state index is 0.888. The molecule has 2 aromatic rings.